The molecule has 11 heavy (non-hydrogen) atoms. The highest BCUT2D eigenvalue weighted by Crippen LogP contribution is 2.10. The van der Waals surface area contributed by atoms with Crippen LogP contribution in [-0.4, -0.2) is 14.8 Å². The van der Waals surface area contributed by atoms with Crippen molar-refractivity contribution in [3.05, 3.63) is 17.1 Å². The van der Waals surface area contributed by atoms with E-state index in [0.29, 0.717) is 10.5 Å². The molecular weight excluding hydrogens is 280 g/mol. The van der Waals surface area contributed by atoms with Crippen molar-refractivity contribution in [1.29, 1.82) is 0 Å². The average Bonchev–Trinajstić information content (AvgIpc) is 1.93. The normalized spacial score (nSPS) is 9.27. The maximum atomic E-state index is 10.3. The molecule has 0 bridgehead atoms. The topological polar surface area (TPSA) is 52.1 Å². The second-order valence-electron chi connectivity index (χ2n) is 1.53. The molecule has 4 nitrogen and oxygen atoms in total. The Hall–Kier alpha value is -0.490. The van der Waals surface area contributed by atoms with Crippen LogP contribution in [-0.2, 0) is 0 Å². The highest BCUT2D eigenvalue weighted by atomic mass is 79.9. The first-order valence-electron chi connectivity index (χ1n) is 2.53. The van der Waals surface area contributed by atoms with Gasteiger partial charge in [0.2, 0.25) is 0 Å². The van der Waals surface area contributed by atoms with E-state index in [1.807, 2.05) is 0 Å². The molecule has 0 N–H and O–H groups in total. The van der Waals surface area contributed by atoms with E-state index in [1.165, 1.54) is 12.4 Å². The molecule has 6 heteroatoms. The SMILES string of the molecule is O=C(Br)Oc1cnc(Br)nc1. The number of aromatic nitrogens is 2. The average molecular weight is 282 g/mol. The minimum Gasteiger partial charge on any atom is -0.415 e. The van der Waals surface area contributed by atoms with Crippen molar-refractivity contribution in [2.24, 2.45) is 0 Å². The molecule has 0 saturated carbocycles. The van der Waals surface area contributed by atoms with Crippen LogP contribution in [0.4, 0.5) is 4.79 Å². The predicted octanol–water partition coefficient (Wildman–Crippen LogP) is 2.13. The van der Waals surface area contributed by atoms with Crippen LogP contribution >= 0.6 is 31.9 Å². The molecule has 1 rings (SSSR count). The molecule has 0 amide bonds. The summed E-state index contributed by atoms with van der Waals surface area (Å²) in [6, 6.07) is 0. The van der Waals surface area contributed by atoms with Gasteiger partial charge in [0.05, 0.1) is 12.4 Å². The molecule has 0 aromatic carbocycles. The lowest BCUT2D eigenvalue weighted by Gasteiger charge is -1.96. The van der Waals surface area contributed by atoms with Crippen LogP contribution < -0.4 is 4.74 Å². The molecule has 1 aromatic heterocycles. The molecule has 0 fully saturated rings. The number of carbonyl (C=O) groups is 1. The Morgan fingerprint density at radius 1 is 1.45 bits per heavy atom. The highest BCUT2D eigenvalue weighted by molar-refractivity contribution is 9.18. The van der Waals surface area contributed by atoms with Crippen LogP contribution in [0, 0.1) is 0 Å². The Bertz CT molecular complexity index is 262. The number of rotatable bonds is 1. The van der Waals surface area contributed by atoms with Crippen LogP contribution in [0.1, 0.15) is 0 Å². The van der Waals surface area contributed by atoms with E-state index in [1.54, 1.807) is 0 Å². The third-order valence-electron chi connectivity index (χ3n) is 0.795. The van der Waals surface area contributed by atoms with Crippen LogP contribution in [0.25, 0.3) is 0 Å². The Labute approximate surface area is 79.2 Å². The maximum Gasteiger partial charge on any atom is 0.380 e. The Kier molecular flexibility index (Phi) is 2.95. The van der Waals surface area contributed by atoms with Crippen molar-refractivity contribution < 1.29 is 9.53 Å². The lowest BCUT2D eigenvalue weighted by Crippen LogP contribution is -1.96. The van der Waals surface area contributed by atoms with Gasteiger partial charge in [-0.15, -0.1) is 0 Å². The van der Waals surface area contributed by atoms with Gasteiger partial charge in [0.25, 0.3) is 0 Å². The van der Waals surface area contributed by atoms with Gasteiger partial charge in [-0.05, 0) is 15.9 Å². The molecule has 0 aliphatic heterocycles. The van der Waals surface area contributed by atoms with Crippen molar-refractivity contribution in [1.82, 2.24) is 9.97 Å². The molecule has 1 heterocycles. The van der Waals surface area contributed by atoms with Crippen molar-refractivity contribution in [2.75, 3.05) is 0 Å². The summed E-state index contributed by atoms with van der Waals surface area (Å²) >= 11 is 5.64. The summed E-state index contributed by atoms with van der Waals surface area (Å²) in [5, 5.41) is 0. The summed E-state index contributed by atoms with van der Waals surface area (Å²) < 4.78 is 5.05. The van der Waals surface area contributed by atoms with Gasteiger partial charge in [0, 0.05) is 15.9 Å². The van der Waals surface area contributed by atoms with Gasteiger partial charge < -0.3 is 4.74 Å². The fraction of sp³-hybridized carbons (Fsp3) is 0. The summed E-state index contributed by atoms with van der Waals surface area (Å²) in [5.74, 6) is 0.301. The van der Waals surface area contributed by atoms with Crippen molar-refractivity contribution in [2.45, 2.75) is 0 Å². The van der Waals surface area contributed by atoms with E-state index >= 15 is 0 Å². The third-order valence-corrected chi connectivity index (χ3v) is 1.37. The molecule has 0 atom stereocenters. The van der Waals surface area contributed by atoms with Crippen molar-refractivity contribution in [3.63, 3.8) is 0 Å². The molecular formula is C5H2Br2N2O2. The third kappa shape index (κ3) is 2.94. The number of hydrogen-bond donors (Lipinski definition) is 0. The Morgan fingerprint density at radius 3 is 2.45 bits per heavy atom. The zero-order chi connectivity index (χ0) is 8.27. The molecule has 1 aromatic rings. The lowest BCUT2D eigenvalue weighted by atomic mass is 10.6. The minimum atomic E-state index is -0.566. The number of nitrogens with zero attached hydrogens (tertiary/aromatic N) is 2. The fourth-order valence-electron chi connectivity index (χ4n) is 0.446. The first-order chi connectivity index (χ1) is 5.18. The monoisotopic (exact) mass is 280 g/mol. The van der Waals surface area contributed by atoms with E-state index in [0.717, 1.165) is 0 Å². The summed E-state index contributed by atoms with van der Waals surface area (Å²) in [4.78, 5) is 17.2. The predicted molar refractivity (Wildman–Crippen MR) is 44.7 cm³/mol. The van der Waals surface area contributed by atoms with Crippen molar-refractivity contribution >= 4 is 36.7 Å². The van der Waals surface area contributed by atoms with E-state index in [2.05, 4.69) is 46.6 Å². The second kappa shape index (κ2) is 3.77. The van der Waals surface area contributed by atoms with E-state index in [-0.39, 0.29) is 0 Å². The van der Waals surface area contributed by atoms with Crippen LogP contribution in [0.3, 0.4) is 0 Å². The molecule has 0 unspecified atom stereocenters. The van der Waals surface area contributed by atoms with Gasteiger partial charge in [0.1, 0.15) is 0 Å². The standard InChI is InChI=1S/C5H2Br2N2O2/c6-4-8-1-3(2-9-4)11-5(7)10/h1-2H. The van der Waals surface area contributed by atoms with E-state index < -0.39 is 4.88 Å². The van der Waals surface area contributed by atoms with Crippen LogP contribution in [0.5, 0.6) is 5.75 Å². The van der Waals surface area contributed by atoms with Crippen LogP contribution in [0.2, 0.25) is 0 Å². The first-order valence-corrected chi connectivity index (χ1v) is 4.12. The quantitative estimate of drug-likeness (QED) is 0.585. The molecule has 0 spiro atoms. The number of halogens is 2. The number of carbonyl (C=O) groups excluding carboxylic acids is 1. The van der Waals surface area contributed by atoms with Gasteiger partial charge in [-0.25, -0.2) is 14.8 Å². The summed E-state index contributed by atoms with van der Waals surface area (Å²) in [6.45, 7) is 0. The second-order valence-corrected chi connectivity index (χ2v) is 2.88. The number of ether oxygens (including phenoxy) is 1. The minimum absolute atomic E-state index is 0.301. The molecule has 0 saturated heterocycles. The molecule has 0 aliphatic rings. The van der Waals surface area contributed by atoms with Gasteiger partial charge in [0.15, 0.2) is 10.5 Å². The Morgan fingerprint density at radius 2 is 2.00 bits per heavy atom. The maximum absolute atomic E-state index is 10.3. The largest absolute Gasteiger partial charge is 0.415 e. The summed E-state index contributed by atoms with van der Waals surface area (Å²) in [5.41, 5.74) is 0. The van der Waals surface area contributed by atoms with E-state index in [4.69, 9.17) is 0 Å². The van der Waals surface area contributed by atoms with Crippen LogP contribution in [0.15, 0.2) is 17.1 Å². The first kappa shape index (κ1) is 8.61. The molecule has 0 aliphatic carbocycles. The Balaban J connectivity index is 2.74. The lowest BCUT2D eigenvalue weighted by molar-refractivity contribution is 0.228. The zero-order valence-corrected chi connectivity index (χ0v) is 8.29. The summed E-state index contributed by atoms with van der Waals surface area (Å²) in [7, 11) is 0. The van der Waals surface area contributed by atoms with Gasteiger partial charge in [-0.2, -0.15) is 0 Å². The van der Waals surface area contributed by atoms with Gasteiger partial charge >= 0.3 is 4.88 Å². The van der Waals surface area contributed by atoms with Gasteiger partial charge in [-0.1, -0.05) is 0 Å². The summed E-state index contributed by atoms with van der Waals surface area (Å²) in [6.07, 6.45) is 2.77. The van der Waals surface area contributed by atoms with E-state index in [9.17, 15) is 4.79 Å². The zero-order valence-electron chi connectivity index (χ0n) is 5.12. The van der Waals surface area contributed by atoms with Gasteiger partial charge in [-0.3, -0.25) is 0 Å². The highest BCUT2D eigenvalue weighted by Gasteiger charge is 1.99. The molecule has 58 valence electrons. The smallest absolute Gasteiger partial charge is 0.380 e. The molecule has 0 radical (unpaired) electrons. The number of hydrogen-bond acceptors (Lipinski definition) is 4. The fourth-order valence-corrected chi connectivity index (χ4v) is 0.837. The van der Waals surface area contributed by atoms with Crippen molar-refractivity contribution in [3.8, 4) is 5.75 Å².